The second-order valence-corrected chi connectivity index (χ2v) is 5.50. The van der Waals surface area contributed by atoms with Gasteiger partial charge in [0, 0.05) is 5.56 Å². The summed E-state index contributed by atoms with van der Waals surface area (Å²) in [6.07, 6.45) is 1.68. The van der Waals surface area contributed by atoms with E-state index in [2.05, 4.69) is 18.0 Å². The molecular formula is C20H23NO3. The molecule has 4 nitrogen and oxygen atoms in total. The molecular weight excluding hydrogens is 302 g/mol. The lowest BCUT2D eigenvalue weighted by Gasteiger charge is -2.11. The summed E-state index contributed by atoms with van der Waals surface area (Å²) >= 11 is 0. The number of hydrogen-bond donors (Lipinski definition) is 1. The summed E-state index contributed by atoms with van der Waals surface area (Å²) in [4.78, 5) is 12.1. The maximum atomic E-state index is 12.1. The quantitative estimate of drug-likeness (QED) is 0.595. The fourth-order valence-corrected chi connectivity index (χ4v) is 2.25. The minimum absolute atomic E-state index is 0.130. The minimum Gasteiger partial charge on any atom is -0.491 e. The summed E-state index contributed by atoms with van der Waals surface area (Å²) in [5, 5.41) is 2.84. The van der Waals surface area contributed by atoms with Gasteiger partial charge in [-0.05, 0) is 49.7 Å². The summed E-state index contributed by atoms with van der Waals surface area (Å²) in [6.45, 7) is 8.97. The molecule has 0 aliphatic rings. The normalized spacial score (nSPS) is 10.1. The van der Waals surface area contributed by atoms with E-state index in [0.717, 1.165) is 11.3 Å². The molecule has 0 radical (unpaired) electrons. The third-order valence-electron chi connectivity index (χ3n) is 3.46. The van der Waals surface area contributed by atoms with E-state index in [-0.39, 0.29) is 5.91 Å². The molecule has 24 heavy (non-hydrogen) atoms. The predicted molar refractivity (Wildman–Crippen MR) is 95.9 cm³/mol. The fourth-order valence-electron chi connectivity index (χ4n) is 2.25. The molecule has 1 amide bonds. The summed E-state index contributed by atoms with van der Waals surface area (Å²) in [5.41, 5.74) is 2.89. The van der Waals surface area contributed by atoms with Gasteiger partial charge < -0.3 is 14.8 Å². The third kappa shape index (κ3) is 5.16. The van der Waals surface area contributed by atoms with Gasteiger partial charge in [0.1, 0.15) is 24.7 Å². The zero-order chi connectivity index (χ0) is 17.4. The van der Waals surface area contributed by atoms with E-state index in [9.17, 15) is 4.79 Å². The number of benzene rings is 2. The Morgan fingerprint density at radius 2 is 1.88 bits per heavy atom. The highest BCUT2D eigenvalue weighted by atomic mass is 16.5. The van der Waals surface area contributed by atoms with E-state index in [1.807, 2.05) is 26.0 Å². The number of amides is 1. The predicted octanol–water partition coefficient (Wildman–Crippen LogP) is 3.68. The number of hydrogen-bond acceptors (Lipinski definition) is 3. The number of nitrogens with one attached hydrogen (secondary N) is 1. The molecule has 126 valence electrons. The van der Waals surface area contributed by atoms with Gasteiger partial charge in [-0.2, -0.15) is 0 Å². The highest BCUT2D eigenvalue weighted by molar-refractivity contribution is 5.94. The van der Waals surface area contributed by atoms with Crippen LogP contribution in [0.15, 0.2) is 55.1 Å². The molecule has 2 aromatic rings. The number of carbonyl (C=O) groups is 1. The SMILES string of the molecule is C=CCOc1ccc(C(=O)NCCOc2ccc(C)cc2C)cc1. The van der Waals surface area contributed by atoms with Crippen LogP contribution in [0, 0.1) is 13.8 Å². The van der Waals surface area contributed by atoms with Gasteiger partial charge in [-0.15, -0.1) is 0 Å². The Bertz CT molecular complexity index is 693. The first-order valence-corrected chi connectivity index (χ1v) is 7.92. The molecule has 0 saturated heterocycles. The molecule has 0 spiro atoms. The van der Waals surface area contributed by atoms with Gasteiger partial charge in [-0.25, -0.2) is 0 Å². The van der Waals surface area contributed by atoms with Crippen LogP contribution < -0.4 is 14.8 Å². The van der Waals surface area contributed by atoms with Gasteiger partial charge in [-0.3, -0.25) is 4.79 Å². The second kappa shape index (κ2) is 8.77. The van der Waals surface area contributed by atoms with Crippen molar-refractivity contribution in [2.24, 2.45) is 0 Å². The summed E-state index contributed by atoms with van der Waals surface area (Å²) < 4.78 is 11.1. The van der Waals surface area contributed by atoms with Crippen LogP contribution in [-0.2, 0) is 0 Å². The van der Waals surface area contributed by atoms with E-state index in [1.54, 1.807) is 30.3 Å². The standard InChI is InChI=1S/C20H23NO3/c1-4-12-23-18-8-6-17(7-9-18)20(22)21-11-13-24-19-10-5-15(2)14-16(19)3/h4-10,14H,1,11-13H2,2-3H3,(H,21,22). The number of ether oxygens (including phenoxy) is 2. The van der Waals surface area contributed by atoms with Crippen molar-refractivity contribution in [3.8, 4) is 11.5 Å². The van der Waals surface area contributed by atoms with E-state index < -0.39 is 0 Å². The molecule has 1 N–H and O–H groups in total. The maximum Gasteiger partial charge on any atom is 0.251 e. The summed E-state index contributed by atoms with van der Waals surface area (Å²) in [6, 6.07) is 13.0. The maximum absolute atomic E-state index is 12.1. The molecule has 0 unspecified atom stereocenters. The van der Waals surface area contributed by atoms with Crippen LogP contribution in [0.25, 0.3) is 0 Å². The van der Waals surface area contributed by atoms with Crippen molar-refractivity contribution in [2.75, 3.05) is 19.8 Å². The fraction of sp³-hybridized carbons (Fsp3) is 0.250. The first kappa shape index (κ1) is 17.6. The molecule has 0 bridgehead atoms. The van der Waals surface area contributed by atoms with Gasteiger partial charge in [0.15, 0.2) is 0 Å². The molecule has 2 aromatic carbocycles. The van der Waals surface area contributed by atoms with Crippen LogP contribution in [-0.4, -0.2) is 25.7 Å². The molecule has 0 atom stereocenters. The number of aryl methyl sites for hydroxylation is 2. The van der Waals surface area contributed by atoms with Gasteiger partial charge >= 0.3 is 0 Å². The first-order chi connectivity index (χ1) is 11.6. The van der Waals surface area contributed by atoms with Crippen LogP contribution in [0.4, 0.5) is 0 Å². The average molecular weight is 325 g/mol. The zero-order valence-electron chi connectivity index (χ0n) is 14.2. The lowest BCUT2D eigenvalue weighted by molar-refractivity contribution is 0.0947. The van der Waals surface area contributed by atoms with Crippen molar-refractivity contribution in [3.05, 3.63) is 71.8 Å². The summed E-state index contributed by atoms with van der Waals surface area (Å²) in [7, 11) is 0. The Labute approximate surface area is 143 Å². The lowest BCUT2D eigenvalue weighted by atomic mass is 10.1. The van der Waals surface area contributed by atoms with E-state index in [1.165, 1.54) is 5.56 Å². The Hall–Kier alpha value is -2.75. The van der Waals surface area contributed by atoms with Crippen LogP contribution in [0.5, 0.6) is 11.5 Å². The average Bonchev–Trinajstić information content (AvgIpc) is 2.58. The Morgan fingerprint density at radius 3 is 2.54 bits per heavy atom. The number of carbonyl (C=O) groups excluding carboxylic acids is 1. The van der Waals surface area contributed by atoms with Crippen molar-refractivity contribution in [1.29, 1.82) is 0 Å². The molecule has 0 saturated carbocycles. The molecule has 0 aliphatic carbocycles. The smallest absolute Gasteiger partial charge is 0.251 e. The van der Waals surface area contributed by atoms with Crippen LogP contribution in [0.1, 0.15) is 21.5 Å². The monoisotopic (exact) mass is 325 g/mol. The third-order valence-corrected chi connectivity index (χ3v) is 3.46. The molecule has 0 fully saturated rings. The van der Waals surface area contributed by atoms with Crippen molar-refractivity contribution in [2.45, 2.75) is 13.8 Å². The van der Waals surface area contributed by atoms with Gasteiger partial charge in [-0.1, -0.05) is 30.4 Å². The van der Waals surface area contributed by atoms with Gasteiger partial charge in [0.25, 0.3) is 5.91 Å². The second-order valence-electron chi connectivity index (χ2n) is 5.50. The zero-order valence-corrected chi connectivity index (χ0v) is 14.2. The summed E-state index contributed by atoms with van der Waals surface area (Å²) in [5.74, 6) is 1.43. The Morgan fingerprint density at radius 1 is 1.12 bits per heavy atom. The topological polar surface area (TPSA) is 47.6 Å². The molecule has 4 heteroatoms. The van der Waals surface area contributed by atoms with Gasteiger partial charge in [0.05, 0.1) is 6.54 Å². The Balaban J connectivity index is 1.77. The highest BCUT2D eigenvalue weighted by Crippen LogP contribution is 2.18. The molecule has 0 aliphatic heterocycles. The molecule has 0 aromatic heterocycles. The molecule has 2 rings (SSSR count). The van der Waals surface area contributed by atoms with Crippen molar-refractivity contribution >= 4 is 5.91 Å². The Kier molecular flexibility index (Phi) is 6.43. The highest BCUT2D eigenvalue weighted by Gasteiger charge is 2.05. The van der Waals surface area contributed by atoms with Crippen LogP contribution in [0.2, 0.25) is 0 Å². The van der Waals surface area contributed by atoms with Crippen molar-refractivity contribution in [3.63, 3.8) is 0 Å². The van der Waals surface area contributed by atoms with E-state index in [0.29, 0.717) is 31.1 Å². The lowest BCUT2D eigenvalue weighted by Crippen LogP contribution is -2.28. The van der Waals surface area contributed by atoms with Crippen LogP contribution in [0.3, 0.4) is 0 Å². The van der Waals surface area contributed by atoms with E-state index >= 15 is 0 Å². The largest absolute Gasteiger partial charge is 0.491 e. The van der Waals surface area contributed by atoms with E-state index in [4.69, 9.17) is 9.47 Å². The minimum atomic E-state index is -0.130. The molecule has 0 heterocycles. The van der Waals surface area contributed by atoms with Crippen LogP contribution >= 0.6 is 0 Å². The first-order valence-electron chi connectivity index (χ1n) is 7.92. The van der Waals surface area contributed by atoms with Gasteiger partial charge in [0.2, 0.25) is 0 Å². The van der Waals surface area contributed by atoms with Crippen molar-refractivity contribution < 1.29 is 14.3 Å². The van der Waals surface area contributed by atoms with Crippen molar-refractivity contribution in [1.82, 2.24) is 5.32 Å². The number of rotatable bonds is 8.